The third-order valence-electron chi connectivity index (χ3n) is 6.17. The molecule has 1 amide bonds. The molecule has 1 unspecified atom stereocenters. The van der Waals surface area contributed by atoms with E-state index in [1.165, 1.54) is 24.2 Å². The Morgan fingerprint density at radius 3 is 2.59 bits per heavy atom. The van der Waals surface area contributed by atoms with Crippen LogP contribution in [-0.2, 0) is 4.79 Å². The second-order valence-electron chi connectivity index (χ2n) is 8.06. The largest absolute Gasteiger partial charge is 0.497 e. The van der Waals surface area contributed by atoms with Crippen molar-refractivity contribution in [2.75, 3.05) is 20.8 Å². The smallest absolute Gasteiger partial charge is 0.247 e. The van der Waals surface area contributed by atoms with Gasteiger partial charge in [0.1, 0.15) is 11.5 Å². The number of benzene rings is 1. The molecule has 1 aliphatic carbocycles. The average molecular weight is 395 g/mol. The number of methoxy groups -OCH3 is 2. The molecule has 2 aliphatic rings. The molecule has 154 valence electrons. The summed E-state index contributed by atoms with van der Waals surface area (Å²) in [5, 5.41) is 0. The van der Waals surface area contributed by atoms with E-state index in [4.69, 9.17) is 9.47 Å². The van der Waals surface area contributed by atoms with Crippen LogP contribution in [-0.4, -0.2) is 36.1 Å². The van der Waals surface area contributed by atoms with Crippen LogP contribution in [0.25, 0.3) is 6.08 Å². The van der Waals surface area contributed by atoms with Crippen molar-refractivity contribution in [2.24, 2.45) is 0 Å². The Labute approximate surface area is 172 Å². The summed E-state index contributed by atoms with van der Waals surface area (Å²) in [7, 11) is 3.33. The highest BCUT2D eigenvalue weighted by Crippen LogP contribution is 2.40. The van der Waals surface area contributed by atoms with E-state index in [1.54, 1.807) is 20.3 Å². The lowest BCUT2D eigenvalue weighted by Crippen LogP contribution is -2.29. The molecule has 0 spiro atoms. The first kappa shape index (κ1) is 19.6. The van der Waals surface area contributed by atoms with E-state index in [2.05, 4.69) is 24.5 Å². The van der Waals surface area contributed by atoms with Gasteiger partial charge in [-0.05, 0) is 75.4 Å². The zero-order valence-electron chi connectivity index (χ0n) is 17.8. The van der Waals surface area contributed by atoms with Crippen molar-refractivity contribution < 1.29 is 14.3 Å². The fourth-order valence-electron chi connectivity index (χ4n) is 4.58. The van der Waals surface area contributed by atoms with E-state index in [-0.39, 0.29) is 11.9 Å². The lowest BCUT2D eigenvalue weighted by Gasteiger charge is -2.25. The van der Waals surface area contributed by atoms with Crippen LogP contribution in [0.15, 0.2) is 30.3 Å². The molecule has 1 aromatic carbocycles. The van der Waals surface area contributed by atoms with Gasteiger partial charge in [-0.1, -0.05) is 0 Å². The molecule has 1 saturated heterocycles. The van der Waals surface area contributed by atoms with Crippen LogP contribution >= 0.6 is 0 Å². The highest BCUT2D eigenvalue weighted by atomic mass is 16.5. The Bertz CT molecular complexity index is 940. The van der Waals surface area contributed by atoms with Gasteiger partial charge in [0.25, 0.3) is 0 Å². The monoisotopic (exact) mass is 394 g/mol. The minimum absolute atomic E-state index is 0.0103. The van der Waals surface area contributed by atoms with Crippen LogP contribution in [0.3, 0.4) is 0 Å². The third kappa shape index (κ3) is 3.78. The summed E-state index contributed by atoms with van der Waals surface area (Å²) in [5.41, 5.74) is 4.68. The maximum absolute atomic E-state index is 13.1. The minimum Gasteiger partial charge on any atom is -0.497 e. The van der Waals surface area contributed by atoms with E-state index in [9.17, 15) is 4.79 Å². The summed E-state index contributed by atoms with van der Waals surface area (Å²) in [6.07, 6.45) is 8.14. The first-order chi connectivity index (χ1) is 14.0. The number of carbonyl (C=O) groups excluding carboxylic acids is 1. The molecule has 1 atom stereocenters. The molecule has 0 radical (unpaired) electrons. The van der Waals surface area contributed by atoms with Crippen molar-refractivity contribution in [2.45, 2.75) is 51.6 Å². The second kappa shape index (κ2) is 7.97. The predicted octanol–water partition coefficient (Wildman–Crippen LogP) is 4.83. The maximum atomic E-state index is 13.1. The van der Waals surface area contributed by atoms with E-state index in [1.807, 2.05) is 29.2 Å². The molecule has 2 aromatic rings. The van der Waals surface area contributed by atoms with Gasteiger partial charge in [-0.2, -0.15) is 0 Å². The number of likely N-dealkylation sites (tertiary alicyclic amines) is 1. The standard InChI is InChI=1S/C24H30N2O3/c1-16-14-18(17(2)26(16)19-8-9-19)7-12-24(27)25-13-5-6-22(25)21-15-20(28-3)10-11-23(21)29-4/h7,10-12,14-15,19,22H,5-6,8-9,13H2,1-4H3/b12-7+. The molecule has 1 aliphatic heterocycles. The van der Waals surface area contributed by atoms with Crippen LogP contribution in [0.4, 0.5) is 0 Å². The summed E-state index contributed by atoms with van der Waals surface area (Å²) in [5.74, 6) is 1.63. The zero-order chi connectivity index (χ0) is 20.5. The molecule has 4 rings (SSSR count). The topological polar surface area (TPSA) is 43.7 Å². The third-order valence-corrected chi connectivity index (χ3v) is 6.17. The van der Waals surface area contributed by atoms with E-state index in [0.717, 1.165) is 42.0 Å². The fraction of sp³-hybridized carbons (Fsp3) is 0.458. The number of aromatic nitrogens is 1. The molecule has 1 saturated carbocycles. The number of hydrogen-bond donors (Lipinski definition) is 0. The van der Waals surface area contributed by atoms with Crippen molar-refractivity contribution in [1.29, 1.82) is 0 Å². The number of amides is 1. The van der Waals surface area contributed by atoms with Gasteiger partial charge in [-0.3, -0.25) is 4.79 Å². The van der Waals surface area contributed by atoms with Gasteiger partial charge < -0.3 is 18.9 Å². The van der Waals surface area contributed by atoms with Crippen molar-refractivity contribution in [1.82, 2.24) is 9.47 Å². The molecule has 29 heavy (non-hydrogen) atoms. The lowest BCUT2D eigenvalue weighted by atomic mass is 10.0. The minimum atomic E-state index is 0.0103. The van der Waals surface area contributed by atoms with E-state index in [0.29, 0.717) is 6.04 Å². The first-order valence-corrected chi connectivity index (χ1v) is 10.4. The van der Waals surface area contributed by atoms with Gasteiger partial charge in [-0.15, -0.1) is 0 Å². The van der Waals surface area contributed by atoms with Crippen molar-refractivity contribution in [3.8, 4) is 11.5 Å². The van der Waals surface area contributed by atoms with Crippen LogP contribution < -0.4 is 9.47 Å². The maximum Gasteiger partial charge on any atom is 0.247 e. The van der Waals surface area contributed by atoms with Gasteiger partial charge >= 0.3 is 0 Å². The number of ether oxygens (including phenoxy) is 2. The molecular formula is C24H30N2O3. The van der Waals surface area contributed by atoms with Crippen molar-refractivity contribution in [3.05, 3.63) is 52.9 Å². The van der Waals surface area contributed by atoms with Gasteiger partial charge in [0.15, 0.2) is 0 Å². The fourth-order valence-corrected chi connectivity index (χ4v) is 4.58. The van der Waals surface area contributed by atoms with Gasteiger partial charge in [0.05, 0.1) is 20.3 Å². The summed E-state index contributed by atoms with van der Waals surface area (Å²) in [6, 6.07) is 8.63. The van der Waals surface area contributed by atoms with Gasteiger partial charge in [0.2, 0.25) is 5.91 Å². The van der Waals surface area contributed by atoms with Crippen molar-refractivity contribution in [3.63, 3.8) is 0 Å². The summed E-state index contributed by atoms with van der Waals surface area (Å²) in [6.45, 7) is 5.06. The Hall–Kier alpha value is -2.69. The van der Waals surface area contributed by atoms with E-state index < -0.39 is 0 Å². The molecule has 5 nitrogen and oxygen atoms in total. The predicted molar refractivity (Wildman–Crippen MR) is 114 cm³/mol. The molecule has 2 fully saturated rings. The number of nitrogens with zero attached hydrogens (tertiary/aromatic N) is 2. The summed E-state index contributed by atoms with van der Waals surface area (Å²) < 4.78 is 13.4. The molecule has 5 heteroatoms. The van der Waals surface area contributed by atoms with Gasteiger partial charge in [0, 0.05) is 35.6 Å². The zero-order valence-corrected chi connectivity index (χ0v) is 17.8. The molecule has 1 aromatic heterocycles. The lowest BCUT2D eigenvalue weighted by molar-refractivity contribution is -0.126. The Morgan fingerprint density at radius 2 is 1.90 bits per heavy atom. The first-order valence-electron chi connectivity index (χ1n) is 10.4. The second-order valence-corrected chi connectivity index (χ2v) is 8.06. The van der Waals surface area contributed by atoms with E-state index >= 15 is 0 Å². The number of carbonyl (C=O) groups is 1. The quantitative estimate of drug-likeness (QED) is 0.659. The van der Waals surface area contributed by atoms with Gasteiger partial charge in [-0.25, -0.2) is 0 Å². The SMILES string of the molecule is COc1ccc(OC)c(C2CCCN2C(=O)/C=C/c2cc(C)n(C3CC3)c2C)c1. The molecule has 0 N–H and O–H groups in total. The van der Waals surface area contributed by atoms with Crippen LogP contribution in [0.2, 0.25) is 0 Å². The normalized spacial score (nSPS) is 19.2. The van der Waals surface area contributed by atoms with Crippen LogP contribution in [0.1, 0.15) is 60.3 Å². The van der Waals surface area contributed by atoms with Crippen molar-refractivity contribution >= 4 is 12.0 Å². The van der Waals surface area contributed by atoms with Crippen LogP contribution in [0, 0.1) is 13.8 Å². The molecule has 2 heterocycles. The Morgan fingerprint density at radius 1 is 1.10 bits per heavy atom. The van der Waals surface area contributed by atoms with Crippen LogP contribution in [0.5, 0.6) is 11.5 Å². The Balaban J connectivity index is 1.56. The number of hydrogen-bond acceptors (Lipinski definition) is 3. The average Bonchev–Trinajstić information content (AvgIpc) is 3.35. The summed E-state index contributed by atoms with van der Waals surface area (Å²) in [4.78, 5) is 15.0. The number of rotatable bonds is 6. The highest BCUT2D eigenvalue weighted by Gasteiger charge is 2.31. The number of aryl methyl sites for hydroxylation is 1. The highest BCUT2D eigenvalue weighted by molar-refractivity contribution is 5.92. The summed E-state index contributed by atoms with van der Waals surface area (Å²) >= 11 is 0. The molecule has 0 bridgehead atoms. The Kier molecular flexibility index (Phi) is 5.39. The molecular weight excluding hydrogens is 364 g/mol.